The average molecular weight is 379 g/mol. The van der Waals surface area contributed by atoms with Crippen molar-refractivity contribution in [2.24, 2.45) is 5.92 Å². The van der Waals surface area contributed by atoms with Crippen molar-refractivity contribution in [3.05, 3.63) is 22.5 Å². The van der Waals surface area contributed by atoms with Gasteiger partial charge in [-0.2, -0.15) is 0 Å². The molecular formula is C19H29N3O5. The summed E-state index contributed by atoms with van der Waals surface area (Å²) in [4.78, 5) is 43.4. The summed E-state index contributed by atoms with van der Waals surface area (Å²) in [5, 5.41) is 0. The predicted octanol–water partition coefficient (Wildman–Crippen LogP) is 2.22. The highest BCUT2D eigenvalue weighted by atomic mass is 16.6. The highest BCUT2D eigenvalue weighted by molar-refractivity contribution is 6.00. The van der Waals surface area contributed by atoms with Crippen molar-refractivity contribution in [3.63, 3.8) is 0 Å². The monoisotopic (exact) mass is 379 g/mol. The molecule has 8 heteroatoms. The lowest BCUT2D eigenvalue weighted by molar-refractivity contribution is 0.0531. The lowest BCUT2D eigenvalue weighted by Crippen LogP contribution is -2.51. The third kappa shape index (κ3) is 4.61. The topological polar surface area (TPSA) is 91.9 Å². The molecule has 0 aromatic carbocycles. The van der Waals surface area contributed by atoms with Gasteiger partial charge in [-0.05, 0) is 24.8 Å². The molecule has 1 aliphatic heterocycles. The quantitative estimate of drug-likeness (QED) is 0.792. The molecule has 0 radical (unpaired) electrons. The number of ether oxygens (including phenoxy) is 2. The van der Waals surface area contributed by atoms with Crippen LogP contribution in [0.3, 0.4) is 0 Å². The number of carbonyl (C=O) groups excluding carboxylic acids is 3. The van der Waals surface area contributed by atoms with E-state index in [0.29, 0.717) is 61.7 Å². The molecule has 2 rings (SSSR count). The first-order valence-corrected chi connectivity index (χ1v) is 9.30. The maximum atomic E-state index is 12.9. The van der Waals surface area contributed by atoms with Gasteiger partial charge in [-0.3, -0.25) is 4.79 Å². The molecule has 150 valence electrons. The Balaban J connectivity index is 2.05. The predicted molar refractivity (Wildman–Crippen MR) is 99.9 cm³/mol. The van der Waals surface area contributed by atoms with Gasteiger partial charge in [0.1, 0.15) is 5.69 Å². The molecule has 27 heavy (non-hydrogen) atoms. The molecule has 0 spiro atoms. The number of carbonyl (C=O) groups is 3. The summed E-state index contributed by atoms with van der Waals surface area (Å²) in [7, 11) is 1.33. The summed E-state index contributed by atoms with van der Waals surface area (Å²) in [6.45, 7) is 9.69. The molecule has 1 N–H and O–H groups in total. The van der Waals surface area contributed by atoms with Gasteiger partial charge in [0.05, 0.1) is 19.3 Å². The zero-order valence-corrected chi connectivity index (χ0v) is 16.8. The van der Waals surface area contributed by atoms with Gasteiger partial charge in [0.15, 0.2) is 0 Å². The number of nitrogens with zero attached hydrogens (tertiary/aromatic N) is 2. The number of hydrogen-bond acceptors (Lipinski definition) is 5. The van der Waals surface area contributed by atoms with Gasteiger partial charge in [-0.25, -0.2) is 9.59 Å². The van der Waals surface area contributed by atoms with Crippen molar-refractivity contribution in [3.8, 4) is 0 Å². The van der Waals surface area contributed by atoms with E-state index in [1.165, 1.54) is 7.11 Å². The van der Waals surface area contributed by atoms with Crippen LogP contribution in [-0.2, 0) is 15.9 Å². The molecule has 0 unspecified atom stereocenters. The normalized spacial score (nSPS) is 14.4. The van der Waals surface area contributed by atoms with Crippen molar-refractivity contribution in [2.75, 3.05) is 39.9 Å². The first-order chi connectivity index (χ1) is 12.8. The highest BCUT2D eigenvalue weighted by Gasteiger charge is 2.30. The zero-order chi connectivity index (χ0) is 20.1. The van der Waals surface area contributed by atoms with Crippen LogP contribution in [0.2, 0.25) is 0 Å². The molecule has 2 amide bonds. The van der Waals surface area contributed by atoms with Crippen LogP contribution >= 0.6 is 0 Å². The Labute approximate surface area is 159 Å². The van der Waals surface area contributed by atoms with Crippen LogP contribution in [0.1, 0.15) is 52.9 Å². The molecule has 1 aromatic rings. The van der Waals surface area contributed by atoms with Crippen LogP contribution in [-0.4, -0.2) is 72.6 Å². The van der Waals surface area contributed by atoms with E-state index in [-0.39, 0.29) is 17.9 Å². The number of nitrogens with one attached hydrogen (secondary N) is 1. The second-order valence-electron chi connectivity index (χ2n) is 7.07. The Bertz CT molecular complexity index is 702. The van der Waals surface area contributed by atoms with E-state index in [1.54, 1.807) is 16.7 Å². The number of hydrogen-bond donors (Lipinski definition) is 1. The summed E-state index contributed by atoms with van der Waals surface area (Å²) in [5.74, 6) is -0.339. The fourth-order valence-corrected chi connectivity index (χ4v) is 3.10. The Kier molecular flexibility index (Phi) is 6.87. The van der Waals surface area contributed by atoms with Gasteiger partial charge in [-0.15, -0.1) is 0 Å². The van der Waals surface area contributed by atoms with Gasteiger partial charge in [0.25, 0.3) is 5.91 Å². The third-order valence-electron chi connectivity index (χ3n) is 4.65. The van der Waals surface area contributed by atoms with Crippen LogP contribution in [0.15, 0.2) is 0 Å². The minimum atomic E-state index is -0.447. The van der Waals surface area contributed by atoms with E-state index in [9.17, 15) is 14.4 Å². The Morgan fingerprint density at radius 3 is 2.22 bits per heavy atom. The van der Waals surface area contributed by atoms with Crippen LogP contribution < -0.4 is 0 Å². The number of piperazine rings is 1. The maximum Gasteiger partial charge on any atom is 0.409 e. The van der Waals surface area contributed by atoms with Crippen LogP contribution in [0.4, 0.5) is 4.79 Å². The lowest BCUT2D eigenvalue weighted by atomic mass is 10.1. The van der Waals surface area contributed by atoms with E-state index in [0.717, 1.165) is 0 Å². The minimum Gasteiger partial charge on any atom is -0.465 e. The van der Waals surface area contributed by atoms with Gasteiger partial charge in [0.2, 0.25) is 0 Å². The zero-order valence-electron chi connectivity index (χ0n) is 16.8. The molecule has 8 nitrogen and oxygen atoms in total. The molecule has 1 aromatic heterocycles. The molecule has 0 aliphatic carbocycles. The Hall–Kier alpha value is -2.51. The first kappa shape index (κ1) is 20.8. The molecule has 1 fully saturated rings. The lowest BCUT2D eigenvalue weighted by Gasteiger charge is -2.34. The largest absolute Gasteiger partial charge is 0.465 e. The van der Waals surface area contributed by atoms with E-state index < -0.39 is 5.97 Å². The number of aryl methyl sites for hydroxylation is 1. The fraction of sp³-hybridized carbons (Fsp3) is 0.632. The number of aromatic amines is 1. The molecule has 0 bridgehead atoms. The van der Waals surface area contributed by atoms with E-state index in [1.807, 2.05) is 20.8 Å². The molecule has 1 saturated heterocycles. The van der Waals surface area contributed by atoms with Gasteiger partial charge < -0.3 is 24.3 Å². The maximum absolute atomic E-state index is 12.9. The van der Waals surface area contributed by atoms with E-state index in [2.05, 4.69) is 4.98 Å². The van der Waals surface area contributed by atoms with Crippen LogP contribution in [0.25, 0.3) is 0 Å². The summed E-state index contributed by atoms with van der Waals surface area (Å²) >= 11 is 0. The van der Waals surface area contributed by atoms with Crippen molar-refractivity contribution >= 4 is 18.0 Å². The van der Waals surface area contributed by atoms with Crippen molar-refractivity contribution in [2.45, 2.75) is 34.1 Å². The summed E-state index contributed by atoms with van der Waals surface area (Å²) in [5.41, 5.74) is 2.13. The molecule has 1 aliphatic rings. The standard InChI is InChI=1S/C19H29N3O5/c1-6-14-15(18(24)26-5)13(4)16(20-14)17(23)21-7-9-22(10-8-21)19(25)27-11-12(2)3/h12,20H,6-11H2,1-5H3. The third-order valence-corrected chi connectivity index (χ3v) is 4.65. The van der Waals surface area contributed by atoms with Gasteiger partial charge in [-0.1, -0.05) is 20.8 Å². The summed E-state index contributed by atoms with van der Waals surface area (Å²) in [6.07, 6.45) is 0.252. The summed E-state index contributed by atoms with van der Waals surface area (Å²) < 4.78 is 10.1. The van der Waals surface area contributed by atoms with Crippen LogP contribution in [0.5, 0.6) is 0 Å². The van der Waals surface area contributed by atoms with Crippen molar-refractivity contribution in [1.82, 2.24) is 14.8 Å². The average Bonchev–Trinajstić information content (AvgIpc) is 3.01. The Morgan fingerprint density at radius 1 is 1.11 bits per heavy atom. The highest BCUT2D eigenvalue weighted by Crippen LogP contribution is 2.22. The number of H-pyrrole nitrogens is 1. The van der Waals surface area contributed by atoms with E-state index >= 15 is 0 Å². The molecule has 0 saturated carbocycles. The molecule has 0 atom stereocenters. The van der Waals surface area contributed by atoms with Gasteiger partial charge >= 0.3 is 12.1 Å². The minimum absolute atomic E-state index is 0.174. The van der Waals surface area contributed by atoms with Crippen molar-refractivity contribution in [1.29, 1.82) is 0 Å². The van der Waals surface area contributed by atoms with Crippen LogP contribution in [0, 0.1) is 12.8 Å². The van der Waals surface area contributed by atoms with E-state index in [4.69, 9.17) is 9.47 Å². The summed E-state index contributed by atoms with van der Waals surface area (Å²) in [6, 6.07) is 0. The van der Waals surface area contributed by atoms with Crippen molar-refractivity contribution < 1.29 is 23.9 Å². The SMILES string of the molecule is CCc1[nH]c(C(=O)N2CCN(C(=O)OCC(C)C)CC2)c(C)c1C(=O)OC. The molecular weight excluding hydrogens is 350 g/mol. The van der Waals surface area contributed by atoms with Gasteiger partial charge in [0, 0.05) is 31.9 Å². The fourth-order valence-electron chi connectivity index (χ4n) is 3.10. The second-order valence-corrected chi connectivity index (χ2v) is 7.07. The number of methoxy groups -OCH3 is 1. The number of aromatic nitrogens is 1. The number of rotatable bonds is 5. The second kappa shape index (κ2) is 8.92. The number of amides is 2. The smallest absolute Gasteiger partial charge is 0.409 e. The number of esters is 1. The molecule has 2 heterocycles. The Morgan fingerprint density at radius 2 is 1.70 bits per heavy atom. The first-order valence-electron chi connectivity index (χ1n) is 9.30.